The Labute approximate surface area is 126 Å². The molecule has 18 heavy (non-hydrogen) atoms. The second-order valence-corrected chi connectivity index (χ2v) is 6.23. The molecule has 0 unspecified atom stereocenters. The summed E-state index contributed by atoms with van der Waals surface area (Å²) < 4.78 is 7.37. The molecule has 0 fully saturated rings. The van der Waals surface area contributed by atoms with Crippen LogP contribution in [0.15, 0.2) is 27.2 Å². The van der Waals surface area contributed by atoms with Gasteiger partial charge in [-0.15, -0.1) is 0 Å². The number of hydrogen-bond donors (Lipinski definition) is 1. The molecule has 1 aromatic rings. The lowest BCUT2D eigenvalue weighted by Gasteiger charge is -2.08. The van der Waals surface area contributed by atoms with Crippen molar-refractivity contribution in [1.29, 1.82) is 0 Å². The molecule has 0 amide bonds. The monoisotopic (exact) mass is 375 g/mol. The van der Waals surface area contributed by atoms with Gasteiger partial charge in [0.15, 0.2) is 0 Å². The zero-order valence-electron chi connectivity index (χ0n) is 11.0. The normalized spacial score (nSPS) is 11.4. The van der Waals surface area contributed by atoms with Crippen molar-refractivity contribution in [2.24, 2.45) is 5.92 Å². The van der Waals surface area contributed by atoms with Crippen molar-refractivity contribution >= 4 is 37.9 Å². The predicted molar refractivity (Wildman–Crippen MR) is 85.1 cm³/mol. The number of rotatable bonds is 6. The molecule has 0 saturated heterocycles. The summed E-state index contributed by atoms with van der Waals surface area (Å²) >= 11 is 6.98. The molecular formula is C14H19Br2NO. The van der Waals surface area contributed by atoms with Gasteiger partial charge in [0.2, 0.25) is 0 Å². The fourth-order valence-electron chi connectivity index (χ4n) is 1.56. The Kier molecular flexibility index (Phi) is 6.97. The lowest BCUT2D eigenvalue weighted by molar-refractivity contribution is 0.411. The van der Waals surface area contributed by atoms with Gasteiger partial charge in [0.1, 0.15) is 5.75 Å². The lowest BCUT2D eigenvalue weighted by Crippen LogP contribution is -2.19. The van der Waals surface area contributed by atoms with E-state index in [9.17, 15) is 0 Å². The number of nitrogens with one attached hydrogen (secondary N) is 1. The van der Waals surface area contributed by atoms with Gasteiger partial charge in [-0.05, 0) is 40.5 Å². The van der Waals surface area contributed by atoms with Gasteiger partial charge in [-0.1, -0.05) is 41.9 Å². The Morgan fingerprint density at radius 2 is 2.06 bits per heavy atom. The van der Waals surface area contributed by atoms with E-state index < -0.39 is 0 Å². The summed E-state index contributed by atoms with van der Waals surface area (Å²) in [6.07, 6.45) is 4.18. The largest absolute Gasteiger partial charge is 0.495 e. The number of halogens is 2. The van der Waals surface area contributed by atoms with Crippen LogP contribution in [0.5, 0.6) is 5.75 Å². The van der Waals surface area contributed by atoms with Crippen molar-refractivity contribution < 1.29 is 4.74 Å². The first-order valence-corrected chi connectivity index (χ1v) is 7.53. The first kappa shape index (κ1) is 15.7. The van der Waals surface area contributed by atoms with Crippen LogP contribution in [0.3, 0.4) is 0 Å². The van der Waals surface area contributed by atoms with Crippen molar-refractivity contribution in [3.63, 3.8) is 0 Å². The Bertz CT molecular complexity index is 417. The maximum absolute atomic E-state index is 5.39. The first-order valence-electron chi connectivity index (χ1n) is 5.95. The topological polar surface area (TPSA) is 21.3 Å². The third-order valence-electron chi connectivity index (χ3n) is 2.35. The van der Waals surface area contributed by atoms with Crippen molar-refractivity contribution in [2.45, 2.75) is 13.8 Å². The molecule has 0 aliphatic rings. The molecule has 0 aliphatic heterocycles. The Morgan fingerprint density at radius 3 is 2.67 bits per heavy atom. The van der Waals surface area contributed by atoms with E-state index in [1.165, 1.54) is 0 Å². The van der Waals surface area contributed by atoms with Crippen molar-refractivity contribution in [2.75, 3.05) is 20.2 Å². The standard InChI is InChI=1S/C14H19Br2NO/c1-10(2)9-17-6-4-5-11-7-12(15)8-13(16)14(11)18-3/h4-5,7-8,10,17H,6,9H2,1-3H3. The van der Waals surface area contributed by atoms with E-state index in [1.807, 2.05) is 12.1 Å². The minimum absolute atomic E-state index is 0.674. The summed E-state index contributed by atoms with van der Waals surface area (Å²) in [7, 11) is 1.68. The van der Waals surface area contributed by atoms with Gasteiger partial charge in [-0.2, -0.15) is 0 Å². The molecule has 0 saturated carbocycles. The molecular weight excluding hydrogens is 358 g/mol. The highest BCUT2D eigenvalue weighted by Gasteiger charge is 2.06. The maximum atomic E-state index is 5.39. The Morgan fingerprint density at radius 1 is 1.33 bits per heavy atom. The summed E-state index contributed by atoms with van der Waals surface area (Å²) in [6.45, 7) is 6.30. The summed E-state index contributed by atoms with van der Waals surface area (Å²) in [4.78, 5) is 0. The second kappa shape index (κ2) is 7.97. The molecule has 100 valence electrons. The first-order chi connectivity index (χ1) is 8.54. The number of benzene rings is 1. The average Bonchev–Trinajstić information content (AvgIpc) is 2.27. The van der Waals surface area contributed by atoms with Crippen molar-refractivity contribution in [1.82, 2.24) is 5.32 Å². The fraction of sp³-hybridized carbons (Fsp3) is 0.429. The van der Waals surface area contributed by atoms with Gasteiger partial charge in [-0.25, -0.2) is 0 Å². The summed E-state index contributed by atoms with van der Waals surface area (Å²) in [5.41, 5.74) is 1.06. The van der Waals surface area contributed by atoms with Crippen LogP contribution in [0.4, 0.5) is 0 Å². The highest BCUT2D eigenvalue weighted by atomic mass is 79.9. The average molecular weight is 377 g/mol. The van der Waals surface area contributed by atoms with E-state index in [4.69, 9.17) is 4.74 Å². The molecule has 0 atom stereocenters. The highest BCUT2D eigenvalue weighted by Crippen LogP contribution is 2.33. The van der Waals surface area contributed by atoms with Gasteiger partial charge in [0.25, 0.3) is 0 Å². The summed E-state index contributed by atoms with van der Waals surface area (Å²) in [6, 6.07) is 4.02. The number of methoxy groups -OCH3 is 1. The van der Waals surface area contributed by atoms with Crippen LogP contribution in [0.1, 0.15) is 19.4 Å². The van der Waals surface area contributed by atoms with Crippen LogP contribution in [-0.2, 0) is 0 Å². The molecule has 0 heterocycles. The zero-order valence-corrected chi connectivity index (χ0v) is 14.1. The van der Waals surface area contributed by atoms with Crippen LogP contribution < -0.4 is 10.1 Å². The Balaban J connectivity index is 2.68. The van der Waals surface area contributed by atoms with Gasteiger partial charge in [-0.3, -0.25) is 0 Å². The van der Waals surface area contributed by atoms with Crippen LogP contribution >= 0.6 is 31.9 Å². The molecule has 0 bridgehead atoms. The summed E-state index contributed by atoms with van der Waals surface area (Å²) in [5.74, 6) is 1.53. The molecule has 0 radical (unpaired) electrons. The smallest absolute Gasteiger partial charge is 0.140 e. The zero-order chi connectivity index (χ0) is 13.5. The van der Waals surface area contributed by atoms with Crippen LogP contribution in [0, 0.1) is 5.92 Å². The highest BCUT2D eigenvalue weighted by molar-refractivity contribution is 9.11. The second-order valence-electron chi connectivity index (χ2n) is 4.46. The van der Waals surface area contributed by atoms with Gasteiger partial charge < -0.3 is 10.1 Å². The third-order valence-corrected chi connectivity index (χ3v) is 3.40. The van der Waals surface area contributed by atoms with Crippen molar-refractivity contribution in [3.8, 4) is 5.75 Å². The molecule has 1 aromatic carbocycles. The van der Waals surface area contributed by atoms with E-state index in [1.54, 1.807) is 7.11 Å². The quantitative estimate of drug-likeness (QED) is 0.739. The summed E-state index contributed by atoms with van der Waals surface area (Å²) in [5, 5.41) is 3.37. The van der Waals surface area contributed by atoms with Crippen LogP contribution in [0.25, 0.3) is 6.08 Å². The maximum Gasteiger partial charge on any atom is 0.140 e. The van der Waals surface area contributed by atoms with Crippen LogP contribution in [0.2, 0.25) is 0 Å². The SMILES string of the molecule is COc1c(Br)cc(Br)cc1C=CCNCC(C)C. The Hall–Kier alpha value is -0.320. The van der Waals surface area contributed by atoms with Crippen molar-refractivity contribution in [3.05, 3.63) is 32.7 Å². The molecule has 0 spiro atoms. The fourth-order valence-corrected chi connectivity index (χ4v) is 2.98. The number of hydrogen-bond acceptors (Lipinski definition) is 2. The minimum Gasteiger partial charge on any atom is -0.495 e. The van der Waals surface area contributed by atoms with Crippen LogP contribution in [-0.4, -0.2) is 20.2 Å². The van der Waals surface area contributed by atoms with E-state index in [0.717, 1.165) is 33.3 Å². The van der Waals surface area contributed by atoms with Gasteiger partial charge in [0, 0.05) is 16.6 Å². The predicted octanol–water partition coefficient (Wildman–Crippen LogP) is 4.48. The molecule has 0 aromatic heterocycles. The minimum atomic E-state index is 0.674. The van der Waals surface area contributed by atoms with E-state index in [2.05, 4.69) is 63.2 Å². The molecule has 4 heteroatoms. The van der Waals surface area contributed by atoms with E-state index >= 15 is 0 Å². The van der Waals surface area contributed by atoms with Gasteiger partial charge >= 0.3 is 0 Å². The number of ether oxygens (including phenoxy) is 1. The molecule has 2 nitrogen and oxygen atoms in total. The van der Waals surface area contributed by atoms with Gasteiger partial charge in [0.05, 0.1) is 11.6 Å². The third kappa shape index (κ3) is 5.12. The lowest BCUT2D eigenvalue weighted by atomic mass is 10.2. The van der Waals surface area contributed by atoms with E-state index in [-0.39, 0.29) is 0 Å². The van der Waals surface area contributed by atoms with E-state index in [0.29, 0.717) is 5.92 Å². The molecule has 1 rings (SSSR count). The molecule has 0 aliphatic carbocycles. The molecule has 1 N–H and O–H groups in total.